The molecule has 106 valence electrons. The van der Waals surface area contributed by atoms with Gasteiger partial charge in [0.2, 0.25) is 0 Å². The zero-order chi connectivity index (χ0) is 14.3. The van der Waals surface area contributed by atoms with E-state index in [2.05, 4.69) is 10.6 Å². The number of alkyl halides is 3. The second kappa shape index (κ2) is 7.07. The van der Waals surface area contributed by atoms with Crippen LogP contribution in [-0.4, -0.2) is 35.9 Å². The Labute approximate surface area is 103 Å². The van der Waals surface area contributed by atoms with Gasteiger partial charge in [-0.05, 0) is 12.3 Å². The first-order valence-electron chi connectivity index (χ1n) is 5.47. The first-order valence-corrected chi connectivity index (χ1v) is 5.47. The minimum absolute atomic E-state index is 0.157. The molecule has 0 aromatic rings. The van der Waals surface area contributed by atoms with Crippen molar-refractivity contribution in [1.29, 1.82) is 0 Å². The second-order valence-electron chi connectivity index (χ2n) is 4.18. The lowest BCUT2D eigenvalue weighted by Gasteiger charge is -2.18. The molecule has 0 radical (unpaired) electrons. The molecule has 18 heavy (non-hydrogen) atoms. The highest BCUT2D eigenvalue weighted by atomic mass is 19.4. The molecule has 0 saturated heterocycles. The number of hydrogen-bond donors (Lipinski definition) is 3. The van der Waals surface area contributed by atoms with Crippen molar-refractivity contribution in [3.05, 3.63) is 0 Å². The number of carbonyl (C=O) groups excluding carboxylic acids is 1. The van der Waals surface area contributed by atoms with Gasteiger partial charge in [0, 0.05) is 13.0 Å². The summed E-state index contributed by atoms with van der Waals surface area (Å²) in [6.45, 7) is 3.07. The molecule has 8 heteroatoms. The van der Waals surface area contributed by atoms with Gasteiger partial charge in [0.25, 0.3) is 0 Å². The maximum atomic E-state index is 11.8. The number of carboxylic acid groups (broad SMARTS) is 1. The van der Waals surface area contributed by atoms with Crippen LogP contribution in [0.1, 0.15) is 26.7 Å². The van der Waals surface area contributed by atoms with E-state index >= 15 is 0 Å². The Morgan fingerprint density at radius 1 is 1.28 bits per heavy atom. The summed E-state index contributed by atoms with van der Waals surface area (Å²) < 4.78 is 35.4. The molecule has 0 aliphatic rings. The number of carboxylic acids is 1. The number of urea groups is 1. The minimum Gasteiger partial charge on any atom is -0.480 e. The van der Waals surface area contributed by atoms with Gasteiger partial charge in [0.1, 0.15) is 6.04 Å². The largest absolute Gasteiger partial charge is 0.480 e. The van der Waals surface area contributed by atoms with Gasteiger partial charge >= 0.3 is 18.2 Å². The first-order chi connectivity index (χ1) is 8.13. The molecule has 0 aliphatic heterocycles. The molecule has 0 unspecified atom stereocenters. The van der Waals surface area contributed by atoms with E-state index in [1.54, 1.807) is 13.8 Å². The number of halogens is 3. The number of carbonyl (C=O) groups is 2. The monoisotopic (exact) mass is 270 g/mol. The van der Waals surface area contributed by atoms with Crippen LogP contribution in [0.3, 0.4) is 0 Å². The molecule has 2 amide bonds. The topological polar surface area (TPSA) is 78.4 Å². The molecule has 0 saturated carbocycles. The van der Waals surface area contributed by atoms with Crippen LogP contribution in [0, 0.1) is 5.92 Å². The highest BCUT2D eigenvalue weighted by molar-refractivity contribution is 5.82. The number of nitrogens with one attached hydrogen (secondary N) is 2. The van der Waals surface area contributed by atoms with Crippen LogP contribution in [0.15, 0.2) is 0 Å². The molecule has 0 bridgehead atoms. The highest BCUT2D eigenvalue weighted by Gasteiger charge is 2.26. The van der Waals surface area contributed by atoms with Crippen LogP contribution >= 0.6 is 0 Å². The molecule has 3 N–H and O–H groups in total. The van der Waals surface area contributed by atoms with Crippen molar-refractivity contribution in [3.63, 3.8) is 0 Å². The fourth-order valence-corrected chi connectivity index (χ4v) is 1.20. The van der Waals surface area contributed by atoms with Crippen LogP contribution < -0.4 is 10.6 Å². The Bertz CT molecular complexity index is 293. The Kier molecular flexibility index (Phi) is 6.50. The third-order valence-corrected chi connectivity index (χ3v) is 2.14. The molecular weight excluding hydrogens is 253 g/mol. The number of amides is 2. The number of aliphatic carboxylic acids is 1. The molecule has 0 aromatic heterocycles. The zero-order valence-corrected chi connectivity index (χ0v) is 10.2. The van der Waals surface area contributed by atoms with Crippen LogP contribution in [0.4, 0.5) is 18.0 Å². The summed E-state index contributed by atoms with van der Waals surface area (Å²) in [5, 5.41) is 13.1. The van der Waals surface area contributed by atoms with Crippen molar-refractivity contribution in [2.24, 2.45) is 5.92 Å². The summed E-state index contributed by atoms with van der Waals surface area (Å²) in [6.07, 6.45) is -5.48. The van der Waals surface area contributed by atoms with Crippen molar-refractivity contribution >= 4 is 12.0 Å². The SMILES string of the molecule is CC(C)[C@H](NC(=O)NCCCC(F)(F)F)C(=O)O. The molecule has 0 rings (SSSR count). The summed E-state index contributed by atoms with van der Waals surface area (Å²) in [4.78, 5) is 22.0. The maximum absolute atomic E-state index is 11.8. The maximum Gasteiger partial charge on any atom is 0.389 e. The summed E-state index contributed by atoms with van der Waals surface area (Å²) >= 11 is 0. The fraction of sp³-hybridized carbons (Fsp3) is 0.800. The molecule has 0 spiro atoms. The molecule has 0 aliphatic carbocycles. The third-order valence-electron chi connectivity index (χ3n) is 2.14. The number of hydrogen-bond acceptors (Lipinski definition) is 2. The summed E-state index contributed by atoms with van der Waals surface area (Å²) in [5.74, 6) is -1.50. The molecule has 0 aromatic carbocycles. The Balaban J connectivity index is 3.93. The quantitative estimate of drug-likeness (QED) is 0.643. The molecule has 1 atom stereocenters. The van der Waals surface area contributed by atoms with Crippen molar-refractivity contribution in [2.45, 2.75) is 38.9 Å². The average molecular weight is 270 g/mol. The number of rotatable bonds is 6. The van der Waals surface area contributed by atoms with E-state index < -0.39 is 30.6 Å². The van der Waals surface area contributed by atoms with E-state index in [0.29, 0.717) is 0 Å². The van der Waals surface area contributed by atoms with Gasteiger partial charge in [-0.15, -0.1) is 0 Å². The van der Waals surface area contributed by atoms with E-state index in [1.165, 1.54) is 0 Å². The summed E-state index contributed by atoms with van der Waals surface area (Å²) in [6, 6.07) is -1.84. The van der Waals surface area contributed by atoms with E-state index in [-0.39, 0.29) is 18.9 Å². The predicted octanol–water partition coefficient (Wildman–Crippen LogP) is 1.74. The molecule has 0 heterocycles. The van der Waals surface area contributed by atoms with Crippen LogP contribution in [0.2, 0.25) is 0 Å². The van der Waals surface area contributed by atoms with Crippen molar-refractivity contribution in [3.8, 4) is 0 Å². The smallest absolute Gasteiger partial charge is 0.389 e. The predicted molar refractivity (Wildman–Crippen MR) is 58.1 cm³/mol. The lowest BCUT2D eigenvalue weighted by atomic mass is 10.1. The van der Waals surface area contributed by atoms with Crippen LogP contribution in [0.5, 0.6) is 0 Å². The fourth-order valence-electron chi connectivity index (χ4n) is 1.20. The zero-order valence-electron chi connectivity index (χ0n) is 10.2. The third kappa shape index (κ3) is 7.75. The molecule has 0 fully saturated rings. The minimum atomic E-state index is -4.25. The van der Waals surface area contributed by atoms with Crippen molar-refractivity contribution < 1.29 is 27.9 Å². The summed E-state index contributed by atoms with van der Waals surface area (Å²) in [5.41, 5.74) is 0. The van der Waals surface area contributed by atoms with Gasteiger partial charge in [-0.1, -0.05) is 13.8 Å². The van der Waals surface area contributed by atoms with Gasteiger partial charge in [0.15, 0.2) is 0 Å². The molecule has 5 nitrogen and oxygen atoms in total. The van der Waals surface area contributed by atoms with Gasteiger partial charge in [-0.3, -0.25) is 0 Å². The van der Waals surface area contributed by atoms with Crippen LogP contribution in [-0.2, 0) is 4.79 Å². The van der Waals surface area contributed by atoms with Crippen molar-refractivity contribution in [2.75, 3.05) is 6.54 Å². The van der Waals surface area contributed by atoms with E-state index in [0.717, 1.165) is 0 Å². The van der Waals surface area contributed by atoms with E-state index in [4.69, 9.17) is 5.11 Å². The van der Waals surface area contributed by atoms with Gasteiger partial charge in [-0.25, -0.2) is 9.59 Å². The van der Waals surface area contributed by atoms with Gasteiger partial charge in [0.05, 0.1) is 0 Å². The van der Waals surface area contributed by atoms with Crippen LogP contribution in [0.25, 0.3) is 0 Å². The van der Waals surface area contributed by atoms with Gasteiger partial charge < -0.3 is 15.7 Å². The lowest BCUT2D eigenvalue weighted by Crippen LogP contribution is -2.48. The normalized spacial score (nSPS) is 13.2. The van der Waals surface area contributed by atoms with E-state index in [1.807, 2.05) is 0 Å². The lowest BCUT2D eigenvalue weighted by molar-refractivity contribution is -0.140. The molecular formula is C10H17F3N2O3. The van der Waals surface area contributed by atoms with Crippen molar-refractivity contribution in [1.82, 2.24) is 10.6 Å². The van der Waals surface area contributed by atoms with E-state index in [9.17, 15) is 22.8 Å². The first kappa shape index (κ1) is 16.5. The Morgan fingerprint density at radius 3 is 2.22 bits per heavy atom. The Morgan fingerprint density at radius 2 is 1.83 bits per heavy atom. The highest BCUT2D eigenvalue weighted by Crippen LogP contribution is 2.20. The standard InChI is InChI=1S/C10H17F3N2O3/c1-6(2)7(8(16)17)15-9(18)14-5-3-4-10(11,12)13/h6-7H,3-5H2,1-2H3,(H,16,17)(H2,14,15,18)/t7-/m0/s1. The summed E-state index contributed by atoms with van der Waals surface area (Å²) in [7, 11) is 0. The average Bonchev–Trinajstić information content (AvgIpc) is 2.18. The Hall–Kier alpha value is -1.47. The van der Waals surface area contributed by atoms with Gasteiger partial charge in [-0.2, -0.15) is 13.2 Å². The second-order valence-corrected chi connectivity index (χ2v) is 4.18.